The van der Waals surface area contributed by atoms with Crippen molar-refractivity contribution in [2.75, 3.05) is 0 Å². The zero-order valence-corrected chi connectivity index (χ0v) is 14.6. The van der Waals surface area contributed by atoms with E-state index in [2.05, 4.69) is 65.2 Å². The van der Waals surface area contributed by atoms with Gasteiger partial charge < -0.3 is 5.32 Å². The Bertz CT molecular complexity index is 827. The van der Waals surface area contributed by atoms with Crippen LogP contribution in [0.15, 0.2) is 24.3 Å². The van der Waals surface area contributed by atoms with Crippen molar-refractivity contribution in [2.45, 2.75) is 46.8 Å². The van der Waals surface area contributed by atoms with Crippen molar-refractivity contribution in [1.82, 2.24) is 24.9 Å². The van der Waals surface area contributed by atoms with E-state index in [0.717, 1.165) is 24.5 Å². The molecule has 0 unspecified atom stereocenters. The molecule has 0 bridgehead atoms. The molecule has 0 aliphatic carbocycles. The fourth-order valence-electron chi connectivity index (χ4n) is 3.04. The topological polar surface area (TPSA) is 47.7 Å². The number of fused-ring (bicyclic) bond motifs is 1. The Hall–Kier alpha value is -2.14. The molecule has 5 nitrogen and oxygen atoms in total. The summed E-state index contributed by atoms with van der Waals surface area (Å²) >= 11 is 0. The molecule has 2 heterocycles. The number of aromatic nitrogens is 4. The van der Waals surface area contributed by atoms with Gasteiger partial charge in [0.2, 0.25) is 0 Å². The van der Waals surface area contributed by atoms with Gasteiger partial charge >= 0.3 is 0 Å². The minimum absolute atomic E-state index is 0.329. The highest BCUT2D eigenvalue weighted by molar-refractivity contribution is 5.82. The van der Waals surface area contributed by atoms with Crippen molar-refractivity contribution in [3.05, 3.63) is 46.9 Å². The van der Waals surface area contributed by atoms with Gasteiger partial charge in [0, 0.05) is 30.7 Å². The third-order valence-corrected chi connectivity index (χ3v) is 4.25. The lowest BCUT2D eigenvalue weighted by Crippen LogP contribution is -2.31. The van der Waals surface area contributed by atoms with Crippen LogP contribution in [0.25, 0.3) is 10.9 Å². The van der Waals surface area contributed by atoms with Crippen molar-refractivity contribution in [3.8, 4) is 0 Å². The maximum absolute atomic E-state index is 4.66. The Morgan fingerprint density at radius 2 is 1.91 bits per heavy atom. The highest BCUT2D eigenvalue weighted by atomic mass is 15.3. The molecule has 3 rings (SSSR count). The molecule has 0 fully saturated rings. The summed E-state index contributed by atoms with van der Waals surface area (Å²) in [6, 6.07) is 8.93. The van der Waals surface area contributed by atoms with Gasteiger partial charge in [-0.25, -0.2) is 0 Å². The van der Waals surface area contributed by atoms with E-state index < -0.39 is 0 Å². The van der Waals surface area contributed by atoms with Crippen LogP contribution in [-0.2, 0) is 20.1 Å². The van der Waals surface area contributed by atoms with Crippen LogP contribution in [0.4, 0.5) is 0 Å². The number of rotatable bonds is 5. The molecule has 0 aliphatic heterocycles. The maximum Gasteiger partial charge on any atom is 0.0841 e. The fourth-order valence-corrected chi connectivity index (χ4v) is 3.04. The second-order valence-electron chi connectivity index (χ2n) is 6.48. The summed E-state index contributed by atoms with van der Waals surface area (Å²) < 4.78 is 4.02. The Morgan fingerprint density at radius 3 is 2.61 bits per heavy atom. The largest absolute Gasteiger partial charge is 0.307 e. The highest BCUT2D eigenvalue weighted by Crippen LogP contribution is 2.19. The van der Waals surface area contributed by atoms with Crippen molar-refractivity contribution in [2.24, 2.45) is 7.05 Å². The molecule has 23 heavy (non-hydrogen) atoms. The number of nitrogens with one attached hydrogen (secondary N) is 1. The van der Waals surface area contributed by atoms with Crippen LogP contribution in [0.1, 0.15) is 29.6 Å². The van der Waals surface area contributed by atoms with Gasteiger partial charge in [-0.3, -0.25) is 9.36 Å². The van der Waals surface area contributed by atoms with Gasteiger partial charge in [-0.05, 0) is 45.9 Å². The SMILES string of the molecule is Cc1ccc2c(c1)c(CN[C@H](C)Cn1nc(C)cc1C)nn2C. The summed E-state index contributed by atoms with van der Waals surface area (Å²) in [5.41, 5.74) is 5.82. The molecule has 0 saturated carbocycles. The first-order valence-electron chi connectivity index (χ1n) is 8.10. The molecule has 5 heteroatoms. The van der Waals surface area contributed by atoms with Crippen LogP contribution in [0.3, 0.4) is 0 Å². The summed E-state index contributed by atoms with van der Waals surface area (Å²) in [5.74, 6) is 0. The van der Waals surface area contributed by atoms with Gasteiger partial charge in [-0.1, -0.05) is 11.6 Å². The number of benzene rings is 1. The van der Waals surface area contributed by atoms with Crippen molar-refractivity contribution in [1.29, 1.82) is 0 Å². The Morgan fingerprint density at radius 1 is 1.13 bits per heavy atom. The van der Waals surface area contributed by atoms with Crippen molar-refractivity contribution >= 4 is 10.9 Å². The third kappa shape index (κ3) is 3.29. The van der Waals surface area contributed by atoms with Crippen LogP contribution in [0, 0.1) is 20.8 Å². The molecule has 0 radical (unpaired) electrons. The minimum atomic E-state index is 0.329. The van der Waals surface area contributed by atoms with Gasteiger partial charge in [0.15, 0.2) is 0 Å². The number of nitrogens with zero attached hydrogens (tertiary/aromatic N) is 4. The minimum Gasteiger partial charge on any atom is -0.307 e. The van der Waals surface area contributed by atoms with Crippen LogP contribution in [0.2, 0.25) is 0 Å². The van der Waals surface area contributed by atoms with Crippen LogP contribution >= 0.6 is 0 Å². The van der Waals surface area contributed by atoms with Crippen molar-refractivity contribution in [3.63, 3.8) is 0 Å². The number of hydrogen-bond acceptors (Lipinski definition) is 3. The highest BCUT2D eigenvalue weighted by Gasteiger charge is 2.11. The second kappa shape index (κ2) is 6.16. The average molecular weight is 311 g/mol. The molecular weight excluding hydrogens is 286 g/mol. The van der Waals surface area contributed by atoms with E-state index in [9.17, 15) is 0 Å². The van der Waals surface area contributed by atoms with Crippen molar-refractivity contribution < 1.29 is 0 Å². The lowest BCUT2D eigenvalue weighted by atomic mass is 10.1. The van der Waals surface area contributed by atoms with E-state index in [0.29, 0.717) is 6.04 Å². The molecule has 3 aromatic rings. The standard InChI is InChI=1S/C18H25N5/c1-12-6-7-18-16(8-12)17(21-22(18)5)10-19-14(3)11-23-15(4)9-13(2)20-23/h6-9,14,19H,10-11H2,1-5H3/t14-/m1/s1. The lowest BCUT2D eigenvalue weighted by molar-refractivity contribution is 0.441. The molecule has 1 N–H and O–H groups in total. The summed E-state index contributed by atoms with van der Waals surface area (Å²) in [4.78, 5) is 0. The molecule has 0 amide bonds. The molecule has 0 aliphatic rings. The Labute approximate surface area is 137 Å². The summed E-state index contributed by atoms with van der Waals surface area (Å²) in [6.45, 7) is 10.1. The van der Waals surface area contributed by atoms with Gasteiger partial charge in [-0.15, -0.1) is 0 Å². The maximum atomic E-state index is 4.66. The summed E-state index contributed by atoms with van der Waals surface area (Å²) in [7, 11) is 2.00. The van der Waals surface area contributed by atoms with E-state index >= 15 is 0 Å². The van der Waals surface area contributed by atoms with E-state index in [1.807, 2.05) is 18.7 Å². The molecule has 1 atom stereocenters. The molecule has 0 spiro atoms. The van der Waals surface area contributed by atoms with E-state index in [-0.39, 0.29) is 0 Å². The fraction of sp³-hybridized carbons (Fsp3) is 0.444. The van der Waals surface area contributed by atoms with E-state index in [1.165, 1.54) is 22.2 Å². The normalized spacial score (nSPS) is 12.9. The molecular formula is C18H25N5. The predicted molar refractivity (Wildman–Crippen MR) is 93.5 cm³/mol. The van der Waals surface area contributed by atoms with Crippen LogP contribution < -0.4 is 5.32 Å². The Kier molecular flexibility index (Phi) is 4.22. The first kappa shape index (κ1) is 15.7. The van der Waals surface area contributed by atoms with Gasteiger partial charge in [-0.2, -0.15) is 10.2 Å². The molecule has 0 saturated heterocycles. The lowest BCUT2D eigenvalue weighted by Gasteiger charge is -2.14. The molecule has 1 aromatic carbocycles. The third-order valence-electron chi connectivity index (χ3n) is 4.25. The summed E-state index contributed by atoms with van der Waals surface area (Å²) in [5, 5.41) is 14.0. The van der Waals surface area contributed by atoms with Gasteiger partial charge in [0.1, 0.15) is 0 Å². The zero-order valence-electron chi connectivity index (χ0n) is 14.6. The van der Waals surface area contributed by atoms with Crippen LogP contribution in [-0.4, -0.2) is 25.6 Å². The summed E-state index contributed by atoms with van der Waals surface area (Å²) in [6.07, 6.45) is 0. The predicted octanol–water partition coefficient (Wildman–Crippen LogP) is 2.87. The Balaban J connectivity index is 1.70. The van der Waals surface area contributed by atoms with E-state index in [1.54, 1.807) is 0 Å². The first-order valence-corrected chi connectivity index (χ1v) is 8.10. The smallest absolute Gasteiger partial charge is 0.0841 e. The monoisotopic (exact) mass is 311 g/mol. The zero-order chi connectivity index (χ0) is 16.6. The van der Waals surface area contributed by atoms with Gasteiger partial charge in [0.05, 0.1) is 23.4 Å². The number of hydrogen-bond donors (Lipinski definition) is 1. The molecule has 2 aromatic heterocycles. The second-order valence-corrected chi connectivity index (χ2v) is 6.48. The quantitative estimate of drug-likeness (QED) is 0.788. The number of aryl methyl sites for hydroxylation is 4. The molecule has 122 valence electrons. The average Bonchev–Trinajstić information content (AvgIpc) is 2.96. The van der Waals surface area contributed by atoms with E-state index in [4.69, 9.17) is 0 Å². The van der Waals surface area contributed by atoms with Gasteiger partial charge in [0.25, 0.3) is 0 Å². The first-order chi connectivity index (χ1) is 10.9. The van der Waals surface area contributed by atoms with Crippen LogP contribution in [0.5, 0.6) is 0 Å².